The van der Waals surface area contributed by atoms with Crippen LogP contribution in [0.2, 0.25) is 0 Å². The van der Waals surface area contributed by atoms with Crippen LogP contribution in [0.3, 0.4) is 0 Å². The molecule has 0 spiro atoms. The van der Waals surface area contributed by atoms with Crippen molar-refractivity contribution in [1.29, 1.82) is 0 Å². The highest BCUT2D eigenvalue weighted by Crippen LogP contribution is 2.37. The number of unbranched alkanes of at least 4 members (excludes halogenated alkanes) is 1. The van der Waals surface area contributed by atoms with E-state index in [2.05, 4.69) is 9.97 Å². The van der Waals surface area contributed by atoms with E-state index in [1.165, 1.54) is 0 Å². The molecule has 0 saturated carbocycles. The summed E-state index contributed by atoms with van der Waals surface area (Å²) in [4.78, 5) is 9.77. The summed E-state index contributed by atoms with van der Waals surface area (Å²) in [6.07, 6.45) is -1.52. The summed E-state index contributed by atoms with van der Waals surface area (Å²) < 4.78 is 51.0. The lowest BCUT2D eigenvalue weighted by Crippen LogP contribution is -2.21. The van der Waals surface area contributed by atoms with E-state index in [9.17, 15) is 13.2 Å². The SMILES string of the molecule is CCCCOc1nc(N(CC)c2ccccc2OCCC)ncc1C(F)(F)F. The number of anilines is 2. The number of para-hydroxylation sites is 2. The third-order valence-electron chi connectivity index (χ3n) is 3.96. The first-order chi connectivity index (χ1) is 13.4. The Morgan fingerprint density at radius 1 is 1.00 bits per heavy atom. The smallest absolute Gasteiger partial charge is 0.423 e. The van der Waals surface area contributed by atoms with E-state index in [0.717, 1.165) is 19.0 Å². The van der Waals surface area contributed by atoms with Crippen LogP contribution >= 0.6 is 0 Å². The number of benzene rings is 1. The first kappa shape index (κ1) is 21.8. The number of aromatic nitrogens is 2. The highest BCUT2D eigenvalue weighted by atomic mass is 19.4. The molecular weight excluding hydrogens is 371 g/mol. The summed E-state index contributed by atoms with van der Waals surface area (Å²) in [7, 11) is 0. The lowest BCUT2D eigenvalue weighted by atomic mass is 10.2. The van der Waals surface area contributed by atoms with E-state index in [1.54, 1.807) is 4.90 Å². The van der Waals surface area contributed by atoms with Crippen LogP contribution in [0.5, 0.6) is 11.6 Å². The van der Waals surface area contributed by atoms with Gasteiger partial charge in [-0.1, -0.05) is 32.4 Å². The minimum atomic E-state index is -4.58. The molecule has 0 atom stereocenters. The Hall–Kier alpha value is -2.51. The fourth-order valence-electron chi connectivity index (χ4n) is 2.54. The normalized spacial score (nSPS) is 11.4. The number of halogens is 3. The molecule has 0 N–H and O–H groups in total. The minimum Gasteiger partial charge on any atom is -0.491 e. The molecule has 2 aromatic rings. The third kappa shape index (κ3) is 5.50. The zero-order valence-corrected chi connectivity index (χ0v) is 16.4. The van der Waals surface area contributed by atoms with Gasteiger partial charge in [0.1, 0.15) is 11.3 Å². The van der Waals surface area contributed by atoms with E-state index in [-0.39, 0.29) is 12.6 Å². The largest absolute Gasteiger partial charge is 0.491 e. The van der Waals surface area contributed by atoms with Gasteiger partial charge in [0, 0.05) is 12.7 Å². The zero-order valence-electron chi connectivity index (χ0n) is 16.4. The number of alkyl halides is 3. The summed E-state index contributed by atoms with van der Waals surface area (Å²) in [6.45, 7) is 6.96. The highest BCUT2D eigenvalue weighted by molar-refractivity contribution is 5.65. The van der Waals surface area contributed by atoms with Crippen molar-refractivity contribution in [2.75, 3.05) is 24.7 Å². The topological polar surface area (TPSA) is 47.5 Å². The van der Waals surface area contributed by atoms with Crippen LogP contribution in [-0.2, 0) is 6.18 Å². The first-order valence-corrected chi connectivity index (χ1v) is 9.48. The van der Waals surface area contributed by atoms with Crippen molar-refractivity contribution >= 4 is 11.6 Å². The summed E-state index contributed by atoms with van der Waals surface area (Å²) >= 11 is 0. The van der Waals surface area contributed by atoms with E-state index in [0.29, 0.717) is 31.0 Å². The molecule has 5 nitrogen and oxygen atoms in total. The summed E-state index contributed by atoms with van der Waals surface area (Å²) in [6, 6.07) is 7.32. The average Bonchev–Trinajstić information content (AvgIpc) is 2.67. The maximum Gasteiger partial charge on any atom is 0.423 e. The van der Waals surface area contributed by atoms with Crippen LogP contribution in [0, 0.1) is 0 Å². The Morgan fingerprint density at radius 3 is 2.39 bits per heavy atom. The van der Waals surface area contributed by atoms with Gasteiger partial charge >= 0.3 is 6.18 Å². The molecule has 1 aromatic heterocycles. The van der Waals surface area contributed by atoms with Gasteiger partial charge in [0.25, 0.3) is 0 Å². The van der Waals surface area contributed by atoms with Crippen LogP contribution in [0.15, 0.2) is 30.5 Å². The molecule has 0 bridgehead atoms. The second-order valence-electron chi connectivity index (χ2n) is 6.15. The number of nitrogens with zero attached hydrogens (tertiary/aromatic N) is 3. The molecule has 0 saturated heterocycles. The molecule has 2 rings (SSSR count). The number of hydrogen-bond donors (Lipinski definition) is 0. The van der Waals surface area contributed by atoms with Crippen molar-refractivity contribution < 1.29 is 22.6 Å². The number of ether oxygens (including phenoxy) is 2. The molecule has 154 valence electrons. The van der Waals surface area contributed by atoms with Crippen LogP contribution in [0.1, 0.15) is 45.6 Å². The standard InChI is InChI=1S/C20H26F3N3O2/c1-4-7-13-28-18-15(20(21,22)23)14-24-19(25-18)26(6-3)16-10-8-9-11-17(16)27-12-5-2/h8-11,14H,4-7,12-13H2,1-3H3. The van der Waals surface area contributed by atoms with E-state index < -0.39 is 17.6 Å². The first-order valence-electron chi connectivity index (χ1n) is 9.48. The second kappa shape index (κ2) is 10.1. The summed E-state index contributed by atoms with van der Waals surface area (Å²) in [5, 5.41) is 0. The predicted octanol–water partition coefficient (Wildman–Crippen LogP) is 5.62. The van der Waals surface area contributed by atoms with Gasteiger partial charge in [0.15, 0.2) is 0 Å². The maximum atomic E-state index is 13.3. The molecule has 28 heavy (non-hydrogen) atoms. The quantitative estimate of drug-likeness (QED) is 0.487. The van der Waals surface area contributed by atoms with E-state index in [4.69, 9.17) is 9.47 Å². The van der Waals surface area contributed by atoms with Crippen molar-refractivity contribution in [3.63, 3.8) is 0 Å². The van der Waals surface area contributed by atoms with Crippen molar-refractivity contribution in [2.45, 2.75) is 46.2 Å². The fraction of sp³-hybridized carbons (Fsp3) is 0.500. The second-order valence-corrected chi connectivity index (χ2v) is 6.15. The molecule has 0 aliphatic rings. The van der Waals surface area contributed by atoms with Crippen molar-refractivity contribution in [2.24, 2.45) is 0 Å². The third-order valence-corrected chi connectivity index (χ3v) is 3.96. The van der Waals surface area contributed by atoms with Gasteiger partial charge in [-0.2, -0.15) is 18.2 Å². The van der Waals surface area contributed by atoms with Gasteiger partial charge in [-0.05, 0) is 31.9 Å². The monoisotopic (exact) mass is 397 g/mol. The predicted molar refractivity (Wildman–Crippen MR) is 102 cm³/mol. The Balaban J connectivity index is 2.43. The van der Waals surface area contributed by atoms with Crippen molar-refractivity contribution in [3.05, 3.63) is 36.0 Å². The molecule has 0 unspecified atom stereocenters. The van der Waals surface area contributed by atoms with E-state index in [1.807, 2.05) is 45.0 Å². The summed E-state index contributed by atoms with van der Waals surface area (Å²) in [5.41, 5.74) is -0.281. The minimum absolute atomic E-state index is 0.134. The maximum absolute atomic E-state index is 13.3. The van der Waals surface area contributed by atoms with Crippen LogP contribution < -0.4 is 14.4 Å². The Bertz CT molecular complexity index is 754. The van der Waals surface area contributed by atoms with E-state index >= 15 is 0 Å². The Kier molecular flexibility index (Phi) is 7.90. The number of rotatable bonds is 10. The highest BCUT2D eigenvalue weighted by Gasteiger charge is 2.36. The average molecular weight is 397 g/mol. The fourth-order valence-corrected chi connectivity index (χ4v) is 2.54. The van der Waals surface area contributed by atoms with Gasteiger partial charge in [-0.3, -0.25) is 0 Å². The molecule has 0 aliphatic carbocycles. The van der Waals surface area contributed by atoms with Gasteiger partial charge in [0.2, 0.25) is 11.8 Å². The zero-order chi connectivity index (χ0) is 20.6. The Morgan fingerprint density at radius 2 is 1.75 bits per heavy atom. The molecular formula is C20H26F3N3O2. The van der Waals surface area contributed by atoms with Gasteiger partial charge < -0.3 is 14.4 Å². The molecule has 8 heteroatoms. The molecule has 0 aliphatic heterocycles. The van der Waals surface area contributed by atoms with Gasteiger partial charge in [0.05, 0.1) is 18.9 Å². The lowest BCUT2D eigenvalue weighted by Gasteiger charge is -2.24. The summed E-state index contributed by atoms with van der Waals surface area (Å²) in [5.74, 6) is 0.314. The molecule has 1 heterocycles. The van der Waals surface area contributed by atoms with Crippen molar-refractivity contribution in [3.8, 4) is 11.6 Å². The van der Waals surface area contributed by atoms with Crippen molar-refractivity contribution in [1.82, 2.24) is 9.97 Å². The van der Waals surface area contributed by atoms with Crippen LogP contribution in [0.25, 0.3) is 0 Å². The molecule has 1 aromatic carbocycles. The van der Waals surface area contributed by atoms with Gasteiger partial charge in [-0.25, -0.2) is 4.98 Å². The number of hydrogen-bond acceptors (Lipinski definition) is 5. The van der Waals surface area contributed by atoms with Crippen LogP contribution in [0.4, 0.5) is 24.8 Å². The van der Waals surface area contributed by atoms with Crippen LogP contribution in [-0.4, -0.2) is 29.7 Å². The molecule has 0 fully saturated rings. The lowest BCUT2D eigenvalue weighted by molar-refractivity contribution is -0.139. The molecule has 0 amide bonds. The Labute approximate surface area is 163 Å². The molecule has 0 radical (unpaired) electrons. The van der Waals surface area contributed by atoms with Gasteiger partial charge in [-0.15, -0.1) is 0 Å².